The fourth-order valence-electron chi connectivity index (χ4n) is 4.04. The first-order valence-corrected chi connectivity index (χ1v) is 10.1. The maximum absolute atomic E-state index is 14.4. The van der Waals surface area contributed by atoms with E-state index in [4.69, 9.17) is 5.73 Å². The van der Waals surface area contributed by atoms with Crippen molar-refractivity contribution in [1.29, 1.82) is 0 Å². The molecule has 3 N–H and O–H groups in total. The molecule has 1 aliphatic carbocycles. The normalized spacial score (nSPS) is 18.6. The molecule has 1 aliphatic rings. The van der Waals surface area contributed by atoms with Gasteiger partial charge in [0.05, 0.1) is 23.1 Å². The van der Waals surface area contributed by atoms with Gasteiger partial charge >= 0.3 is 0 Å². The van der Waals surface area contributed by atoms with Gasteiger partial charge < -0.3 is 11.1 Å². The van der Waals surface area contributed by atoms with Crippen LogP contribution < -0.4 is 11.1 Å². The Morgan fingerprint density at radius 3 is 2.55 bits per heavy atom. The van der Waals surface area contributed by atoms with Gasteiger partial charge in [-0.2, -0.15) is 0 Å². The number of amides is 1. The number of rotatable bonds is 4. The molecule has 2 aromatic heterocycles. The van der Waals surface area contributed by atoms with Gasteiger partial charge in [-0.3, -0.25) is 9.78 Å². The lowest BCUT2D eigenvalue weighted by Crippen LogP contribution is -2.27. The first-order chi connectivity index (χ1) is 14.9. The van der Waals surface area contributed by atoms with Crippen LogP contribution in [0.15, 0.2) is 48.8 Å². The second-order valence-corrected chi connectivity index (χ2v) is 7.66. The molecule has 1 saturated carbocycles. The molecule has 0 aliphatic heterocycles. The van der Waals surface area contributed by atoms with Crippen molar-refractivity contribution in [3.05, 3.63) is 77.5 Å². The summed E-state index contributed by atoms with van der Waals surface area (Å²) in [6, 6.07) is 7.35. The highest BCUT2D eigenvalue weighted by atomic mass is 19.1. The van der Waals surface area contributed by atoms with Crippen molar-refractivity contribution in [2.45, 2.75) is 37.6 Å². The summed E-state index contributed by atoms with van der Waals surface area (Å²) < 4.78 is 42.6. The molecule has 2 heterocycles. The molecule has 3 aromatic rings. The third-order valence-electron chi connectivity index (χ3n) is 5.54. The number of nitrogens with one attached hydrogen (secondary N) is 1. The van der Waals surface area contributed by atoms with Crippen LogP contribution in [0.2, 0.25) is 0 Å². The molecule has 31 heavy (non-hydrogen) atoms. The zero-order valence-corrected chi connectivity index (χ0v) is 16.6. The minimum atomic E-state index is -0.900. The summed E-state index contributed by atoms with van der Waals surface area (Å²) in [6.07, 6.45) is 6.76. The fourth-order valence-corrected chi connectivity index (χ4v) is 4.04. The number of nitrogens with two attached hydrogens (primary N) is 1. The van der Waals surface area contributed by atoms with Gasteiger partial charge in [-0.05, 0) is 61.1 Å². The van der Waals surface area contributed by atoms with Crippen LogP contribution in [0.1, 0.15) is 47.7 Å². The van der Waals surface area contributed by atoms with E-state index in [1.54, 1.807) is 6.20 Å². The topological polar surface area (TPSA) is 80.9 Å². The van der Waals surface area contributed by atoms with Crippen LogP contribution in [0.4, 0.5) is 18.9 Å². The molecule has 1 fully saturated rings. The Morgan fingerprint density at radius 2 is 1.81 bits per heavy atom. The fraction of sp³-hybridized carbons (Fsp3) is 0.261. The first-order valence-electron chi connectivity index (χ1n) is 10.1. The van der Waals surface area contributed by atoms with E-state index in [1.165, 1.54) is 12.3 Å². The van der Waals surface area contributed by atoms with Gasteiger partial charge in [0.15, 0.2) is 11.5 Å². The number of carbonyl (C=O) groups is 1. The number of hydrogen-bond donors (Lipinski definition) is 2. The molecule has 5 nitrogen and oxygen atoms in total. The van der Waals surface area contributed by atoms with E-state index in [0.717, 1.165) is 55.5 Å². The standard InChI is InChI=1S/C23H21F3N4O/c24-16-5-2-6-17(25)21(16)19-8-7-18(26)22(29-19)23(31)30-20-12-28-10-9-15(20)13-3-1-4-14(27)11-13/h2,5-10,12-14H,1,3-4,11,27H2,(H,30,31). The number of hydrogen-bond acceptors (Lipinski definition) is 4. The van der Waals surface area contributed by atoms with Gasteiger partial charge in [0.2, 0.25) is 0 Å². The summed E-state index contributed by atoms with van der Waals surface area (Å²) >= 11 is 0. The van der Waals surface area contributed by atoms with Gasteiger partial charge in [-0.25, -0.2) is 18.2 Å². The number of halogens is 3. The van der Waals surface area contributed by atoms with Crippen LogP contribution in [-0.2, 0) is 0 Å². The quantitative estimate of drug-likeness (QED) is 0.628. The van der Waals surface area contributed by atoms with E-state index in [9.17, 15) is 18.0 Å². The van der Waals surface area contributed by atoms with Gasteiger partial charge in [0.25, 0.3) is 5.91 Å². The van der Waals surface area contributed by atoms with Crippen molar-refractivity contribution >= 4 is 11.6 Å². The Balaban J connectivity index is 1.65. The van der Waals surface area contributed by atoms with Crippen molar-refractivity contribution in [3.8, 4) is 11.3 Å². The number of pyridine rings is 2. The Kier molecular flexibility index (Phi) is 5.99. The number of carbonyl (C=O) groups excluding carboxylic acids is 1. The summed E-state index contributed by atoms with van der Waals surface area (Å²) in [5, 5.41) is 2.66. The smallest absolute Gasteiger partial charge is 0.277 e. The number of aromatic nitrogens is 2. The highest BCUT2D eigenvalue weighted by molar-refractivity contribution is 6.03. The third kappa shape index (κ3) is 4.44. The summed E-state index contributed by atoms with van der Waals surface area (Å²) in [5.74, 6) is -3.28. The molecule has 1 aromatic carbocycles. The lowest BCUT2D eigenvalue weighted by Gasteiger charge is -2.28. The highest BCUT2D eigenvalue weighted by Gasteiger charge is 2.25. The van der Waals surface area contributed by atoms with Crippen LogP contribution in [0.5, 0.6) is 0 Å². The zero-order chi connectivity index (χ0) is 22.0. The second-order valence-electron chi connectivity index (χ2n) is 7.66. The van der Waals surface area contributed by atoms with Crippen LogP contribution in [0, 0.1) is 17.5 Å². The van der Waals surface area contributed by atoms with E-state index in [0.29, 0.717) is 5.69 Å². The first kappa shape index (κ1) is 21.0. The van der Waals surface area contributed by atoms with Crippen molar-refractivity contribution < 1.29 is 18.0 Å². The number of anilines is 1. The molecule has 0 spiro atoms. The van der Waals surface area contributed by atoms with Crippen LogP contribution in [-0.4, -0.2) is 21.9 Å². The summed E-state index contributed by atoms with van der Waals surface area (Å²) in [7, 11) is 0. The van der Waals surface area contributed by atoms with Crippen molar-refractivity contribution in [3.63, 3.8) is 0 Å². The Labute approximate surface area is 177 Å². The molecule has 0 saturated heterocycles. The Bertz CT molecular complexity index is 1100. The van der Waals surface area contributed by atoms with Gasteiger partial charge in [0, 0.05) is 12.2 Å². The minimum Gasteiger partial charge on any atom is -0.328 e. The van der Waals surface area contributed by atoms with Crippen molar-refractivity contribution in [1.82, 2.24) is 9.97 Å². The minimum absolute atomic E-state index is 0.0851. The third-order valence-corrected chi connectivity index (χ3v) is 5.54. The Morgan fingerprint density at radius 1 is 1.03 bits per heavy atom. The molecule has 1 amide bonds. The number of benzene rings is 1. The molecule has 2 unspecified atom stereocenters. The van der Waals surface area contributed by atoms with Gasteiger partial charge in [-0.1, -0.05) is 12.5 Å². The van der Waals surface area contributed by atoms with Crippen molar-refractivity contribution in [2.24, 2.45) is 5.73 Å². The summed E-state index contributed by atoms with van der Waals surface area (Å²) in [5.41, 5.74) is 6.25. The number of nitrogens with zero attached hydrogens (tertiary/aromatic N) is 2. The van der Waals surface area contributed by atoms with Crippen LogP contribution in [0.3, 0.4) is 0 Å². The average Bonchev–Trinajstić information content (AvgIpc) is 2.75. The zero-order valence-electron chi connectivity index (χ0n) is 16.6. The monoisotopic (exact) mass is 426 g/mol. The van der Waals surface area contributed by atoms with Crippen LogP contribution in [0.25, 0.3) is 11.3 Å². The molecule has 0 bridgehead atoms. The van der Waals surface area contributed by atoms with E-state index < -0.39 is 34.6 Å². The largest absolute Gasteiger partial charge is 0.328 e. The van der Waals surface area contributed by atoms with Gasteiger partial charge in [0.1, 0.15) is 11.6 Å². The lowest BCUT2D eigenvalue weighted by molar-refractivity contribution is 0.101. The summed E-state index contributed by atoms with van der Waals surface area (Å²) in [4.78, 5) is 20.8. The lowest BCUT2D eigenvalue weighted by atomic mass is 9.81. The molecule has 4 rings (SSSR count). The molecule has 0 radical (unpaired) electrons. The predicted octanol–water partition coefficient (Wildman–Crippen LogP) is 4.80. The molecular formula is C23H21F3N4O. The maximum atomic E-state index is 14.4. The van der Waals surface area contributed by atoms with Crippen molar-refractivity contribution in [2.75, 3.05) is 5.32 Å². The predicted molar refractivity (Wildman–Crippen MR) is 111 cm³/mol. The maximum Gasteiger partial charge on any atom is 0.277 e. The molecular weight excluding hydrogens is 405 g/mol. The van der Waals surface area contributed by atoms with E-state index in [-0.39, 0.29) is 17.7 Å². The molecule has 2 atom stereocenters. The molecule has 8 heteroatoms. The van der Waals surface area contributed by atoms with E-state index in [2.05, 4.69) is 15.3 Å². The Hall–Kier alpha value is -3.26. The highest BCUT2D eigenvalue weighted by Crippen LogP contribution is 2.36. The van der Waals surface area contributed by atoms with E-state index >= 15 is 0 Å². The van der Waals surface area contributed by atoms with E-state index in [1.807, 2.05) is 6.07 Å². The average molecular weight is 426 g/mol. The van der Waals surface area contributed by atoms with Crippen LogP contribution >= 0.6 is 0 Å². The summed E-state index contributed by atoms with van der Waals surface area (Å²) in [6.45, 7) is 0. The second kappa shape index (κ2) is 8.85. The molecule has 160 valence electrons. The van der Waals surface area contributed by atoms with Gasteiger partial charge in [-0.15, -0.1) is 0 Å². The SMILES string of the molecule is NC1CCCC(c2ccncc2NC(=O)c2nc(-c3c(F)cccc3F)ccc2F)C1.